The van der Waals surface area contributed by atoms with Gasteiger partial charge in [0.2, 0.25) is 0 Å². The minimum absolute atomic E-state index is 0.839. The quantitative estimate of drug-likeness (QED) is 0.519. The Hall–Kier alpha value is -0.970. The summed E-state index contributed by atoms with van der Waals surface area (Å²) < 4.78 is 6.89. The third kappa shape index (κ3) is 5.06. The molecule has 0 saturated carbocycles. The molecule has 112 valence electrons. The van der Waals surface area contributed by atoms with Crippen molar-refractivity contribution in [3.8, 4) is 11.5 Å². The molecule has 0 amide bonds. The highest BCUT2D eigenvalue weighted by Gasteiger charge is 2.04. The van der Waals surface area contributed by atoms with Crippen LogP contribution in [-0.2, 0) is 6.54 Å². The Labute approximate surface area is 139 Å². The summed E-state index contributed by atoms with van der Waals surface area (Å²) in [5.41, 5.74) is 1.25. The van der Waals surface area contributed by atoms with Crippen LogP contribution in [0.5, 0.6) is 11.5 Å². The minimum atomic E-state index is 0.839. The number of nitrogens with one attached hydrogen (secondary N) is 1. The maximum absolute atomic E-state index is 5.91. The predicted molar refractivity (Wildman–Crippen MR) is 94.4 cm³/mol. The van der Waals surface area contributed by atoms with E-state index < -0.39 is 0 Å². The zero-order valence-electron chi connectivity index (χ0n) is 12.4. The Kier molecular flexibility index (Phi) is 6.61. The molecule has 0 aromatic heterocycles. The van der Waals surface area contributed by atoms with Gasteiger partial charge in [0.15, 0.2) is 0 Å². The first-order valence-corrected chi connectivity index (χ1v) is 9.05. The topological polar surface area (TPSA) is 21.3 Å². The second kappa shape index (κ2) is 8.47. The molecule has 0 radical (unpaired) electrons. The monoisotopic (exact) mass is 365 g/mol. The predicted octanol–water partition coefficient (Wildman–Crippen LogP) is 5.46. The van der Waals surface area contributed by atoms with Crippen molar-refractivity contribution in [3.05, 3.63) is 52.5 Å². The molecule has 2 nitrogen and oxygen atoms in total. The van der Waals surface area contributed by atoms with Gasteiger partial charge >= 0.3 is 0 Å². The van der Waals surface area contributed by atoms with Gasteiger partial charge < -0.3 is 10.1 Å². The molecule has 0 unspecified atom stereocenters. The van der Waals surface area contributed by atoms with E-state index in [9.17, 15) is 0 Å². The van der Waals surface area contributed by atoms with Gasteiger partial charge in [-0.25, -0.2) is 0 Å². The summed E-state index contributed by atoms with van der Waals surface area (Å²) in [6.45, 7) is 4.09. The van der Waals surface area contributed by atoms with E-state index in [1.165, 1.54) is 10.5 Å². The molecule has 0 heterocycles. The summed E-state index contributed by atoms with van der Waals surface area (Å²) >= 11 is 5.31. The lowest BCUT2D eigenvalue weighted by Crippen LogP contribution is -2.13. The molecule has 0 aliphatic carbocycles. The third-order valence-corrected chi connectivity index (χ3v) is 4.40. The van der Waals surface area contributed by atoms with E-state index in [1.54, 1.807) is 11.8 Å². The zero-order valence-corrected chi connectivity index (χ0v) is 14.8. The Balaban J connectivity index is 2.02. The van der Waals surface area contributed by atoms with E-state index in [2.05, 4.69) is 58.7 Å². The van der Waals surface area contributed by atoms with Gasteiger partial charge in [0.25, 0.3) is 0 Å². The van der Waals surface area contributed by atoms with Crippen LogP contribution in [0.3, 0.4) is 0 Å². The normalized spacial score (nSPS) is 10.6. The van der Waals surface area contributed by atoms with Crippen LogP contribution < -0.4 is 10.1 Å². The lowest BCUT2D eigenvalue weighted by atomic mass is 10.2. The van der Waals surface area contributed by atoms with E-state index in [-0.39, 0.29) is 0 Å². The summed E-state index contributed by atoms with van der Waals surface area (Å²) in [4.78, 5) is 1.23. The fourth-order valence-electron chi connectivity index (χ4n) is 1.92. The molecule has 0 saturated heterocycles. The lowest BCUT2D eigenvalue weighted by molar-refractivity contribution is 0.479. The molecule has 2 aromatic rings. The number of hydrogen-bond donors (Lipinski definition) is 1. The molecule has 0 atom stereocenters. The van der Waals surface area contributed by atoms with E-state index in [1.807, 2.05) is 18.2 Å². The van der Waals surface area contributed by atoms with E-state index in [0.717, 1.165) is 35.5 Å². The van der Waals surface area contributed by atoms with Gasteiger partial charge in [-0.2, -0.15) is 0 Å². The molecule has 21 heavy (non-hydrogen) atoms. The maximum Gasteiger partial charge on any atom is 0.141 e. The summed E-state index contributed by atoms with van der Waals surface area (Å²) in [5.74, 6) is 1.69. The van der Waals surface area contributed by atoms with Gasteiger partial charge in [0.1, 0.15) is 11.5 Å². The highest BCUT2D eigenvalue weighted by molar-refractivity contribution is 9.10. The second-order valence-electron chi connectivity index (χ2n) is 4.72. The average molecular weight is 366 g/mol. The molecule has 0 aliphatic heterocycles. The fraction of sp³-hybridized carbons (Fsp3) is 0.294. The van der Waals surface area contributed by atoms with Crippen molar-refractivity contribution in [2.45, 2.75) is 24.8 Å². The van der Waals surface area contributed by atoms with Gasteiger partial charge in [-0.05, 0) is 77.1 Å². The number of benzene rings is 2. The summed E-state index contributed by atoms with van der Waals surface area (Å²) in [5, 5.41) is 3.40. The van der Waals surface area contributed by atoms with Crippen LogP contribution >= 0.6 is 27.7 Å². The van der Waals surface area contributed by atoms with Crippen molar-refractivity contribution >= 4 is 27.7 Å². The Morgan fingerprint density at radius 1 is 1.14 bits per heavy atom. The summed E-state index contributed by atoms with van der Waals surface area (Å²) in [6, 6.07) is 14.3. The van der Waals surface area contributed by atoms with Crippen LogP contribution in [0.2, 0.25) is 0 Å². The first-order chi connectivity index (χ1) is 10.2. The van der Waals surface area contributed by atoms with Crippen molar-refractivity contribution in [3.63, 3.8) is 0 Å². The molecule has 1 N–H and O–H groups in total. The van der Waals surface area contributed by atoms with E-state index in [4.69, 9.17) is 4.74 Å². The highest BCUT2D eigenvalue weighted by Crippen LogP contribution is 2.31. The van der Waals surface area contributed by atoms with Gasteiger partial charge in [0, 0.05) is 11.4 Å². The second-order valence-corrected chi connectivity index (χ2v) is 6.45. The molecule has 4 heteroatoms. The van der Waals surface area contributed by atoms with Gasteiger partial charge in [0.05, 0.1) is 4.47 Å². The highest BCUT2D eigenvalue weighted by atomic mass is 79.9. The zero-order chi connectivity index (χ0) is 15.1. The largest absolute Gasteiger partial charge is 0.456 e. The standard InChI is InChI=1S/C17H20BrNOS/c1-3-10-19-12-13-4-9-17(16(18)11-13)20-14-5-7-15(21-2)8-6-14/h4-9,11,19H,3,10,12H2,1-2H3. The lowest BCUT2D eigenvalue weighted by Gasteiger charge is -2.10. The fourth-order valence-corrected chi connectivity index (χ4v) is 2.83. The number of hydrogen-bond acceptors (Lipinski definition) is 3. The molecular weight excluding hydrogens is 346 g/mol. The minimum Gasteiger partial charge on any atom is -0.456 e. The van der Waals surface area contributed by atoms with Crippen molar-refractivity contribution in [1.82, 2.24) is 5.32 Å². The van der Waals surface area contributed by atoms with Crippen LogP contribution in [0.1, 0.15) is 18.9 Å². The average Bonchev–Trinajstić information content (AvgIpc) is 2.51. The van der Waals surface area contributed by atoms with Crippen molar-refractivity contribution < 1.29 is 4.74 Å². The SMILES string of the molecule is CCCNCc1ccc(Oc2ccc(SC)cc2)c(Br)c1. The molecule has 0 spiro atoms. The smallest absolute Gasteiger partial charge is 0.141 e. The van der Waals surface area contributed by atoms with Crippen molar-refractivity contribution in [1.29, 1.82) is 0 Å². The van der Waals surface area contributed by atoms with Crippen LogP contribution in [0.4, 0.5) is 0 Å². The van der Waals surface area contributed by atoms with Crippen LogP contribution in [0.15, 0.2) is 51.8 Å². The molecular formula is C17H20BrNOS. The third-order valence-electron chi connectivity index (χ3n) is 3.04. The maximum atomic E-state index is 5.91. The van der Waals surface area contributed by atoms with Gasteiger partial charge in [-0.3, -0.25) is 0 Å². The Morgan fingerprint density at radius 3 is 2.52 bits per heavy atom. The van der Waals surface area contributed by atoms with E-state index in [0.29, 0.717) is 0 Å². The van der Waals surface area contributed by atoms with Crippen LogP contribution in [0, 0.1) is 0 Å². The van der Waals surface area contributed by atoms with Gasteiger partial charge in [-0.1, -0.05) is 13.0 Å². The molecule has 0 bridgehead atoms. The van der Waals surface area contributed by atoms with Crippen LogP contribution in [0.25, 0.3) is 0 Å². The number of halogens is 1. The molecule has 2 rings (SSSR count). The molecule has 0 aliphatic rings. The Bertz CT molecular complexity index is 572. The summed E-state index contributed by atoms with van der Waals surface area (Å²) in [6.07, 6.45) is 3.21. The number of thioether (sulfide) groups is 1. The van der Waals surface area contributed by atoms with Crippen LogP contribution in [-0.4, -0.2) is 12.8 Å². The molecule has 2 aromatic carbocycles. The van der Waals surface area contributed by atoms with Crippen molar-refractivity contribution in [2.75, 3.05) is 12.8 Å². The first kappa shape index (κ1) is 16.4. The summed E-state index contributed by atoms with van der Waals surface area (Å²) in [7, 11) is 0. The first-order valence-electron chi connectivity index (χ1n) is 7.04. The van der Waals surface area contributed by atoms with Gasteiger partial charge in [-0.15, -0.1) is 11.8 Å². The van der Waals surface area contributed by atoms with E-state index >= 15 is 0 Å². The van der Waals surface area contributed by atoms with Crippen molar-refractivity contribution in [2.24, 2.45) is 0 Å². The number of ether oxygens (including phenoxy) is 1. The number of rotatable bonds is 7. The Morgan fingerprint density at radius 2 is 1.90 bits per heavy atom. The molecule has 0 fully saturated rings.